The summed E-state index contributed by atoms with van der Waals surface area (Å²) < 4.78 is 4.98. The molecule has 1 aromatic heterocycles. The molecule has 0 atom stereocenters. The molecule has 0 aliphatic heterocycles. The maximum absolute atomic E-state index is 12.0. The predicted octanol–water partition coefficient (Wildman–Crippen LogP) is 4.70. The van der Waals surface area contributed by atoms with Crippen molar-refractivity contribution in [3.63, 3.8) is 0 Å². The van der Waals surface area contributed by atoms with Gasteiger partial charge in [0.25, 0.3) is 5.91 Å². The number of hydrogen-bond donors (Lipinski definition) is 2. The highest BCUT2D eigenvalue weighted by Crippen LogP contribution is 2.25. The molecule has 9 heteroatoms. The molecule has 2 N–H and O–H groups in total. The quantitative estimate of drug-likeness (QED) is 0.610. The van der Waals surface area contributed by atoms with Crippen molar-refractivity contribution in [3.05, 3.63) is 39.3 Å². The molecular weight excluding hydrogens is 397 g/mol. The van der Waals surface area contributed by atoms with Crippen LogP contribution in [0.2, 0.25) is 10.0 Å². The molecule has 1 heterocycles. The van der Waals surface area contributed by atoms with Crippen molar-refractivity contribution in [2.45, 2.75) is 20.3 Å². The number of nitrogens with one attached hydrogen (secondary N) is 2. The third-order valence-electron chi connectivity index (χ3n) is 3.25. The molecule has 6 nitrogen and oxygen atoms in total. The van der Waals surface area contributed by atoms with Gasteiger partial charge >= 0.3 is 5.97 Å². The van der Waals surface area contributed by atoms with E-state index in [1.54, 1.807) is 17.5 Å². The number of carbonyl (C=O) groups excluding carboxylic acids is 2. The van der Waals surface area contributed by atoms with Crippen LogP contribution >= 0.6 is 34.5 Å². The van der Waals surface area contributed by atoms with Gasteiger partial charge in [-0.15, -0.1) is 11.3 Å². The molecule has 140 valence electrons. The molecule has 1 aromatic carbocycles. The standard InChI is InChI=1S/C17H19Cl2N3O3S/c1-10(2)5-6-20-17-22-14(9-26-17)16(24)25-8-15(23)21-13-4-3-11(18)7-12(13)19/h3-4,7,9-10H,5-6,8H2,1-2H3,(H,20,22)(H,21,23). The molecular formula is C17H19Cl2N3O3S. The summed E-state index contributed by atoms with van der Waals surface area (Å²) in [6.07, 6.45) is 1.01. The largest absolute Gasteiger partial charge is 0.451 e. The van der Waals surface area contributed by atoms with Gasteiger partial charge < -0.3 is 15.4 Å². The van der Waals surface area contributed by atoms with Gasteiger partial charge in [-0.2, -0.15) is 0 Å². The molecule has 0 saturated heterocycles. The van der Waals surface area contributed by atoms with Crippen molar-refractivity contribution in [1.29, 1.82) is 0 Å². The molecule has 1 amide bonds. The summed E-state index contributed by atoms with van der Waals surface area (Å²) in [6, 6.07) is 4.67. The highest BCUT2D eigenvalue weighted by atomic mass is 35.5. The normalized spacial score (nSPS) is 10.7. The summed E-state index contributed by atoms with van der Waals surface area (Å²) in [4.78, 5) is 28.0. The first-order chi connectivity index (χ1) is 12.3. The number of hydrogen-bond acceptors (Lipinski definition) is 6. The Kier molecular flexibility index (Phi) is 7.68. The maximum atomic E-state index is 12.0. The minimum Gasteiger partial charge on any atom is -0.451 e. The van der Waals surface area contributed by atoms with Gasteiger partial charge in [0.1, 0.15) is 0 Å². The fourth-order valence-corrected chi connectivity index (χ4v) is 3.06. The smallest absolute Gasteiger partial charge is 0.358 e. The molecule has 0 saturated carbocycles. The second-order valence-electron chi connectivity index (χ2n) is 5.90. The number of anilines is 2. The topological polar surface area (TPSA) is 80.3 Å². The van der Waals surface area contributed by atoms with Crippen molar-refractivity contribution in [2.75, 3.05) is 23.8 Å². The number of aromatic nitrogens is 1. The molecule has 2 aromatic rings. The van der Waals surface area contributed by atoms with Crippen LogP contribution in [0.15, 0.2) is 23.6 Å². The molecule has 0 radical (unpaired) electrons. The fraction of sp³-hybridized carbons (Fsp3) is 0.353. The summed E-state index contributed by atoms with van der Waals surface area (Å²) in [5.74, 6) is -0.580. The number of amides is 1. The summed E-state index contributed by atoms with van der Waals surface area (Å²) >= 11 is 13.1. The predicted molar refractivity (Wildman–Crippen MR) is 105 cm³/mol. The van der Waals surface area contributed by atoms with Crippen LogP contribution in [0.25, 0.3) is 0 Å². The van der Waals surface area contributed by atoms with Crippen molar-refractivity contribution >= 4 is 57.2 Å². The number of benzene rings is 1. The molecule has 0 aliphatic carbocycles. The Labute approximate surface area is 165 Å². The Balaban J connectivity index is 1.80. The number of nitrogens with zero attached hydrogens (tertiary/aromatic N) is 1. The van der Waals surface area contributed by atoms with Crippen molar-refractivity contribution in [2.24, 2.45) is 5.92 Å². The van der Waals surface area contributed by atoms with Gasteiger partial charge in [0.15, 0.2) is 17.4 Å². The van der Waals surface area contributed by atoms with Gasteiger partial charge in [0, 0.05) is 16.9 Å². The minimum atomic E-state index is -0.657. The zero-order valence-electron chi connectivity index (χ0n) is 14.3. The van der Waals surface area contributed by atoms with Gasteiger partial charge in [-0.3, -0.25) is 4.79 Å². The molecule has 0 fully saturated rings. The Morgan fingerprint density at radius 2 is 2.08 bits per heavy atom. The monoisotopic (exact) mass is 415 g/mol. The van der Waals surface area contributed by atoms with E-state index in [0.29, 0.717) is 26.8 Å². The Morgan fingerprint density at radius 3 is 2.77 bits per heavy atom. The first-order valence-corrected chi connectivity index (χ1v) is 9.60. The Morgan fingerprint density at radius 1 is 1.31 bits per heavy atom. The van der Waals surface area contributed by atoms with E-state index in [1.807, 2.05) is 0 Å². The molecule has 26 heavy (non-hydrogen) atoms. The van der Waals surface area contributed by atoms with Gasteiger partial charge in [-0.05, 0) is 30.5 Å². The van der Waals surface area contributed by atoms with E-state index in [4.69, 9.17) is 27.9 Å². The molecule has 0 bridgehead atoms. The third kappa shape index (κ3) is 6.48. The first-order valence-electron chi connectivity index (χ1n) is 7.96. The number of halogens is 2. The summed E-state index contributed by atoms with van der Waals surface area (Å²) in [5, 5.41) is 8.70. The van der Waals surface area contributed by atoms with Gasteiger partial charge in [-0.25, -0.2) is 9.78 Å². The van der Waals surface area contributed by atoms with Crippen LogP contribution in [0, 0.1) is 5.92 Å². The number of rotatable bonds is 8. The van der Waals surface area contributed by atoms with Crippen LogP contribution in [0.3, 0.4) is 0 Å². The van der Waals surface area contributed by atoms with Crippen LogP contribution in [-0.2, 0) is 9.53 Å². The zero-order chi connectivity index (χ0) is 19.1. The van der Waals surface area contributed by atoms with Crippen LogP contribution in [0.4, 0.5) is 10.8 Å². The SMILES string of the molecule is CC(C)CCNc1nc(C(=O)OCC(=O)Nc2ccc(Cl)cc2Cl)cs1. The van der Waals surface area contributed by atoms with Crippen molar-refractivity contribution in [1.82, 2.24) is 4.98 Å². The van der Waals surface area contributed by atoms with E-state index in [2.05, 4.69) is 29.5 Å². The third-order valence-corrected chi connectivity index (χ3v) is 4.60. The van der Waals surface area contributed by atoms with Gasteiger partial charge in [0.2, 0.25) is 0 Å². The lowest BCUT2D eigenvalue weighted by Gasteiger charge is -2.07. The van der Waals surface area contributed by atoms with Crippen LogP contribution in [0.5, 0.6) is 0 Å². The first kappa shape index (κ1) is 20.5. The number of esters is 1. The molecule has 0 spiro atoms. The van der Waals surface area contributed by atoms with E-state index >= 15 is 0 Å². The lowest BCUT2D eigenvalue weighted by Crippen LogP contribution is -2.21. The second-order valence-corrected chi connectivity index (χ2v) is 7.60. The molecule has 0 aliphatic rings. The van der Waals surface area contributed by atoms with E-state index in [-0.39, 0.29) is 5.69 Å². The van der Waals surface area contributed by atoms with Crippen LogP contribution in [-0.4, -0.2) is 30.0 Å². The van der Waals surface area contributed by atoms with Crippen molar-refractivity contribution < 1.29 is 14.3 Å². The summed E-state index contributed by atoms with van der Waals surface area (Å²) in [5.41, 5.74) is 0.557. The lowest BCUT2D eigenvalue weighted by molar-refractivity contribution is -0.119. The average Bonchev–Trinajstić information content (AvgIpc) is 3.04. The fourth-order valence-electron chi connectivity index (χ4n) is 1.90. The highest BCUT2D eigenvalue weighted by Gasteiger charge is 2.15. The Bertz CT molecular complexity index is 780. The Hall–Kier alpha value is -1.83. The molecule has 2 rings (SSSR count). The van der Waals surface area contributed by atoms with Gasteiger partial charge in [0.05, 0.1) is 10.7 Å². The lowest BCUT2D eigenvalue weighted by atomic mass is 10.1. The van der Waals surface area contributed by atoms with Gasteiger partial charge in [-0.1, -0.05) is 37.0 Å². The minimum absolute atomic E-state index is 0.166. The number of ether oxygens (including phenoxy) is 1. The summed E-state index contributed by atoms with van der Waals surface area (Å²) in [6.45, 7) is 4.61. The second kappa shape index (κ2) is 9.75. The molecule has 0 unspecified atom stereocenters. The van der Waals surface area contributed by atoms with E-state index in [1.165, 1.54) is 17.4 Å². The highest BCUT2D eigenvalue weighted by molar-refractivity contribution is 7.13. The maximum Gasteiger partial charge on any atom is 0.358 e. The number of carbonyl (C=O) groups is 2. The number of thiazole rings is 1. The van der Waals surface area contributed by atoms with Crippen molar-refractivity contribution in [3.8, 4) is 0 Å². The zero-order valence-corrected chi connectivity index (χ0v) is 16.7. The summed E-state index contributed by atoms with van der Waals surface area (Å²) in [7, 11) is 0. The van der Waals surface area contributed by atoms with Crippen LogP contribution in [0.1, 0.15) is 30.8 Å². The average molecular weight is 416 g/mol. The van der Waals surface area contributed by atoms with E-state index in [9.17, 15) is 9.59 Å². The van der Waals surface area contributed by atoms with Crippen LogP contribution < -0.4 is 10.6 Å². The van der Waals surface area contributed by atoms with E-state index < -0.39 is 18.5 Å². The van der Waals surface area contributed by atoms with E-state index in [0.717, 1.165) is 13.0 Å².